The summed E-state index contributed by atoms with van der Waals surface area (Å²) in [4.78, 5) is 28.8. The van der Waals surface area contributed by atoms with Gasteiger partial charge in [-0.2, -0.15) is 10.4 Å². The standard InChI is InChI=1S/C28H27FN6O3/c1-16-13-34(15-25(38-16)18-12-31-35(14-18)19-5-6-19)20-9-22(21-7-4-17(11-30)8-24(21)29)26-23(10-20)27(36)32(2)33(3)28(26)37/h4,7-10,12,14,16,19,25H,5-6,13,15H2,1-3H3. The minimum Gasteiger partial charge on any atom is -0.367 e. The van der Waals surface area contributed by atoms with Crippen molar-refractivity contribution in [1.29, 1.82) is 5.26 Å². The zero-order valence-corrected chi connectivity index (χ0v) is 21.4. The summed E-state index contributed by atoms with van der Waals surface area (Å²) in [5, 5.41) is 14.1. The Morgan fingerprint density at radius 2 is 1.82 bits per heavy atom. The Hall–Kier alpha value is -4.23. The molecule has 0 bridgehead atoms. The number of rotatable bonds is 4. The van der Waals surface area contributed by atoms with Crippen molar-refractivity contribution in [2.75, 3.05) is 18.0 Å². The number of hydrogen-bond donors (Lipinski definition) is 0. The molecule has 2 unspecified atom stereocenters. The molecule has 1 aliphatic carbocycles. The Morgan fingerprint density at radius 3 is 2.53 bits per heavy atom. The molecule has 2 fully saturated rings. The van der Waals surface area contributed by atoms with Gasteiger partial charge in [-0.3, -0.25) is 23.6 Å². The molecule has 3 heterocycles. The second-order valence-corrected chi connectivity index (χ2v) is 10.2. The highest BCUT2D eigenvalue weighted by Crippen LogP contribution is 2.37. The van der Waals surface area contributed by atoms with Crippen LogP contribution >= 0.6 is 0 Å². The molecule has 6 rings (SSSR count). The quantitative estimate of drug-likeness (QED) is 0.414. The first-order valence-corrected chi connectivity index (χ1v) is 12.6. The lowest BCUT2D eigenvalue weighted by Gasteiger charge is -2.38. The van der Waals surface area contributed by atoms with Crippen LogP contribution < -0.4 is 16.0 Å². The van der Waals surface area contributed by atoms with Crippen LogP contribution in [0.15, 0.2) is 52.3 Å². The highest BCUT2D eigenvalue weighted by molar-refractivity contribution is 5.98. The summed E-state index contributed by atoms with van der Waals surface area (Å²) >= 11 is 0. The summed E-state index contributed by atoms with van der Waals surface area (Å²) < 4.78 is 26.0. The lowest BCUT2D eigenvalue weighted by Crippen LogP contribution is -2.43. The van der Waals surface area contributed by atoms with Crippen molar-refractivity contribution in [3.05, 3.63) is 80.4 Å². The Labute approximate surface area is 217 Å². The van der Waals surface area contributed by atoms with E-state index in [0.717, 1.165) is 24.5 Å². The van der Waals surface area contributed by atoms with Gasteiger partial charge in [0.1, 0.15) is 11.9 Å². The van der Waals surface area contributed by atoms with Crippen LogP contribution in [0.3, 0.4) is 0 Å². The van der Waals surface area contributed by atoms with E-state index >= 15 is 4.39 Å². The predicted octanol–water partition coefficient (Wildman–Crippen LogP) is 3.41. The van der Waals surface area contributed by atoms with Gasteiger partial charge in [-0.25, -0.2) is 4.39 Å². The summed E-state index contributed by atoms with van der Waals surface area (Å²) in [5.41, 5.74) is 1.55. The van der Waals surface area contributed by atoms with Gasteiger partial charge in [-0.15, -0.1) is 0 Å². The Bertz CT molecular complexity index is 1740. The van der Waals surface area contributed by atoms with Gasteiger partial charge >= 0.3 is 0 Å². The van der Waals surface area contributed by atoms with Crippen LogP contribution in [0.2, 0.25) is 0 Å². The largest absolute Gasteiger partial charge is 0.367 e. The second kappa shape index (κ2) is 8.96. The van der Waals surface area contributed by atoms with Crippen LogP contribution in [0.4, 0.5) is 10.1 Å². The summed E-state index contributed by atoms with van der Waals surface area (Å²) in [5.74, 6) is -0.633. The maximum absolute atomic E-state index is 15.3. The number of hydrogen-bond acceptors (Lipinski definition) is 6. The molecule has 9 nitrogen and oxygen atoms in total. The van der Waals surface area contributed by atoms with Crippen LogP contribution in [0, 0.1) is 17.1 Å². The fourth-order valence-electron chi connectivity index (χ4n) is 5.24. The Kier molecular flexibility index (Phi) is 5.69. The van der Waals surface area contributed by atoms with Crippen LogP contribution in [-0.2, 0) is 18.8 Å². The van der Waals surface area contributed by atoms with Crippen molar-refractivity contribution >= 4 is 16.5 Å². The van der Waals surface area contributed by atoms with E-state index in [1.54, 1.807) is 12.1 Å². The molecule has 4 aromatic rings. The summed E-state index contributed by atoms with van der Waals surface area (Å²) in [6, 6.07) is 10.0. The normalized spacial score (nSPS) is 19.6. The minimum absolute atomic E-state index is 0.115. The first kappa shape index (κ1) is 24.1. The third-order valence-electron chi connectivity index (χ3n) is 7.53. The van der Waals surface area contributed by atoms with Gasteiger partial charge in [0.25, 0.3) is 11.1 Å². The van der Waals surface area contributed by atoms with Crippen molar-refractivity contribution < 1.29 is 9.13 Å². The monoisotopic (exact) mass is 514 g/mol. The average Bonchev–Trinajstić information content (AvgIpc) is 3.65. The molecular weight excluding hydrogens is 487 g/mol. The molecule has 1 aliphatic heterocycles. The summed E-state index contributed by atoms with van der Waals surface area (Å²) in [6.45, 7) is 3.05. The van der Waals surface area contributed by atoms with Gasteiger partial charge in [0.15, 0.2) is 0 Å². The molecule has 0 spiro atoms. The number of ether oxygens (including phenoxy) is 1. The van der Waals surface area contributed by atoms with Gasteiger partial charge < -0.3 is 9.64 Å². The van der Waals surface area contributed by atoms with Gasteiger partial charge in [0, 0.05) is 55.8 Å². The van der Waals surface area contributed by atoms with Crippen molar-refractivity contribution in [3.8, 4) is 17.2 Å². The van der Waals surface area contributed by atoms with Crippen LogP contribution in [0.25, 0.3) is 21.9 Å². The van der Waals surface area contributed by atoms with Gasteiger partial charge in [0.2, 0.25) is 0 Å². The Morgan fingerprint density at radius 1 is 1.05 bits per heavy atom. The molecule has 2 aliphatic rings. The number of morpholine rings is 1. The maximum Gasteiger partial charge on any atom is 0.273 e. The van der Waals surface area contributed by atoms with Gasteiger partial charge in [-0.05, 0) is 44.0 Å². The zero-order valence-electron chi connectivity index (χ0n) is 21.4. The van der Waals surface area contributed by atoms with E-state index in [1.165, 1.54) is 35.6 Å². The highest BCUT2D eigenvalue weighted by atomic mass is 19.1. The van der Waals surface area contributed by atoms with E-state index < -0.39 is 11.4 Å². The first-order valence-electron chi connectivity index (χ1n) is 12.6. The van der Waals surface area contributed by atoms with E-state index in [4.69, 9.17) is 4.74 Å². The van der Waals surface area contributed by atoms with E-state index in [0.29, 0.717) is 30.4 Å². The molecule has 2 aromatic heterocycles. The number of aromatic nitrogens is 4. The smallest absolute Gasteiger partial charge is 0.273 e. The summed E-state index contributed by atoms with van der Waals surface area (Å²) in [6.07, 6.45) is 5.80. The topological polar surface area (TPSA) is 98.1 Å². The fraction of sp³-hybridized carbons (Fsp3) is 0.357. The van der Waals surface area contributed by atoms with E-state index in [9.17, 15) is 14.9 Å². The van der Waals surface area contributed by atoms with Crippen LogP contribution in [0.1, 0.15) is 43.0 Å². The molecule has 0 amide bonds. The predicted molar refractivity (Wildman–Crippen MR) is 141 cm³/mol. The lowest BCUT2D eigenvalue weighted by atomic mass is 9.96. The van der Waals surface area contributed by atoms with E-state index in [-0.39, 0.29) is 39.7 Å². The minimum atomic E-state index is -0.633. The first-order chi connectivity index (χ1) is 18.2. The van der Waals surface area contributed by atoms with Crippen LogP contribution in [-0.4, -0.2) is 38.3 Å². The molecule has 194 valence electrons. The number of benzene rings is 2. The van der Waals surface area contributed by atoms with Crippen LogP contribution in [0.5, 0.6) is 0 Å². The molecule has 2 aromatic carbocycles. The average molecular weight is 515 g/mol. The van der Waals surface area contributed by atoms with E-state index in [1.807, 2.05) is 30.1 Å². The number of nitriles is 1. The number of fused-ring (bicyclic) bond motifs is 1. The maximum atomic E-state index is 15.3. The third kappa shape index (κ3) is 4.00. The fourth-order valence-corrected chi connectivity index (χ4v) is 5.24. The van der Waals surface area contributed by atoms with Gasteiger partial charge in [0.05, 0.1) is 40.7 Å². The second-order valence-electron chi connectivity index (χ2n) is 10.2. The highest BCUT2D eigenvalue weighted by Gasteiger charge is 2.31. The molecule has 1 saturated carbocycles. The molecule has 1 saturated heterocycles. The summed E-state index contributed by atoms with van der Waals surface area (Å²) in [7, 11) is 3.04. The van der Waals surface area contributed by atoms with E-state index in [2.05, 4.69) is 10.00 Å². The lowest BCUT2D eigenvalue weighted by molar-refractivity contribution is -0.0174. The van der Waals surface area contributed by atoms with Crippen molar-refractivity contribution in [2.45, 2.75) is 38.0 Å². The number of anilines is 1. The van der Waals surface area contributed by atoms with Crippen molar-refractivity contribution in [1.82, 2.24) is 19.1 Å². The number of nitrogens with zero attached hydrogens (tertiary/aromatic N) is 6. The molecule has 10 heteroatoms. The SMILES string of the molecule is CC1CN(c2cc(-c3ccc(C#N)cc3F)c3c(=O)n(C)n(C)c(=O)c3c2)CC(c2cnn(C3CC3)c2)O1. The van der Waals surface area contributed by atoms with Crippen molar-refractivity contribution in [3.63, 3.8) is 0 Å². The Balaban J connectivity index is 1.51. The molecular formula is C28H27FN6O3. The van der Waals surface area contributed by atoms with Crippen molar-refractivity contribution in [2.24, 2.45) is 14.1 Å². The molecule has 0 radical (unpaired) electrons. The molecule has 2 atom stereocenters. The van der Waals surface area contributed by atoms with Gasteiger partial charge in [-0.1, -0.05) is 6.07 Å². The zero-order chi connectivity index (χ0) is 26.7. The molecule has 0 N–H and O–H groups in total. The molecule has 38 heavy (non-hydrogen) atoms. The number of halogens is 1. The third-order valence-corrected chi connectivity index (χ3v) is 7.53.